The van der Waals surface area contributed by atoms with Crippen LogP contribution >= 0.6 is 0 Å². The largest absolute Gasteiger partial charge is 0.455 e. The van der Waals surface area contributed by atoms with Crippen molar-refractivity contribution < 1.29 is 4.42 Å². The predicted molar refractivity (Wildman–Crippen MR) is 163 cm³/mol. The Hall–Kier alpha value is -5.35. The first-order valence-corrected chi connectivity index (χ1v) is 13.6. The minimum atomic E-state index is -0.0520. The highest BCUT2D eigenvalue weighted by Gasteiger charge is 2.38. The Labute approximate surface area is 230 Å². The molecule has 1 N–H and O–H groups in total. The third-order valence-electron chi connectivity index (χ3n) is 8.35. The van der Waals surface area contributed by atoms with E-state index in [0.717, 1.165) is 55.5 Å². The fourth-order valence-electron chi connectivity index (χ4n) is 6.60. The van der Waals surface area contributed by atoms with E-state index in [9.17, 15) is 0 Å². The number of hydrogen-bond donors (Lipinski definition) is 1. The number of amidine groups is 1. The van der Waals surface area contributed by atoms with Crippen molar-refractivity contribution in [1.29, 1.82) is 0 Å². The molecule has 2 aliphatic heterocycles. The Morgan fingerprint density at radius 1 is 0.525 bits per heavy atom. The van der Waals surface area contributed by atoms with Crippen LogP contribution in [0, 0.1) is 0 Å². The topological polar surface area (TPSA) is 40.8 Å². The lowest BCUT2D eigenvalue weighted by Gasteiger charge is -2.35. The van der Waals surface area contributed by atoms with Crippen LogP contribution in [0.4, 0.5) is 5.69 Å². The van der Waals surface area contributed by atoms with Crippen LogP contribution in [-0.4, -0.2) is 5.84 Å². The van der Waals surface area contributed by atoms with Crippen molar-refractivity contribution in [3.63, 3.8) is 0 Å². The molecular weight excluding hydrogens is 490 g/mol. The van der Waals surface area contributed by atoms with Gasteiger partial charge in [-0.3, -0.25) is 10.3 Å². The average molecular weight is 514 g/mol. The molecule has 1 unspecified atom stereocenters. The van der Waals surface area contributed by atoms with E-state index in [-0.39, 0.29) is 6.17 Å². The molecule has 1 atom stereocenters. The summed E-state index contributed by atoms with van der Waals surface area (Å²) in [5, 5.41) is 9.56. The number of fused-ring (bicyclic) bond motifs is 10. The van der Waals surface area contributed by atoms with Crippen LogP contribution in [0.3, 0.4) is 0 Å². The Bertz CT molecular complexity index is 2170. The van der Waals surface area contributed by atoms with Crippen LogP contribution in [0.1, 0.15) is 17.3 Å². The Morgan fingerprint density at radius 2 is 1.15 bits per heavy atom. The van der Waals surface area contributed by atoms with E-state index in [1.54, 1.807) is 0 Å². The van der Waals surface area contributed by atoms with Gasteiger partial charge in [0.25, 0.3) is 0 Å². The first kappa shape index (κ1) is 21.6. The zero-order valence-corrected chi connectivity index (χ0v) is 21.5. The molecule has 0 aliphatic carbocycles. The third-order valence-corrected chi connectivity index (χ3v) is 8.35. The number of hydrazone groups is 1. The monoisotopic (exact) mass is 513 g/mol. The standard InChI is InChI=1S/C36H23N3O/c1-2-13-30-25(10-1)26-11-3-5-20-32(26)39-35(30)37-38-36(39)31-19-8-14-22-23(15-7-16-24(22)31)28-17-9-18-29-27-12-4-6-21-33(27)40-34(28)29/h1-21,35,37H. The van der Waals surface area contributed by atoms with Crippen LogP contribution < -0.4 is 10.3 Å². The van der Waals surface area contributed by atoms with Crippen LogP contribution in [0.5, 0.6) is 0 Å². The van der Waals surface area contributed by atoms with Crippen molar-refractivity contribution >= 4 is 44.2 Å². The van der Waals surface area contributed by atoms with Gasteiger partial charge in [-0.25, -0.2) is 0 Å². The zero-order valence-electron chi connectivity index (χ0n) is 21.5. The van der Waals surface area contributed by atoms with Gasteiger partial charge >= 0.3 is 0 Å². The molecule has 4 nitrogen and oxygen atoms in total. The van der Waals surface area contributed by atoms with Gasteiger partial charge in [-0.2, -0.15) is 5.10 Å². The molecule has 1 aromatic heterocycles. The van der Waals surface area contributed by atoms with E-state index in [1.807, 2.05) is 12.1 Å². The van der Waals surface area contributed by atoms with Gasteiger partial charge in [0.2, 0.25) is 0 Å². The van der Waals surface area contributed by atoms with E-state index >= 15 is 0 Å². The van der Waals surface area contributed by atoms with Crippen molar-refractivity contribution in [2.24, 2.45) is 5.10 Å². The van der Waals surface area contributed by atoms with Gasteiger partial charge in [-0.1, -0.05) is 115 Å². The summed E-state index contributed by atoms with van der Waals surface area (Å²) in [6, 6.07) is 45.0. The second-order valence-corrected chi connectivity index (χ2v) is 10.4. The van der Waals surface area contributed by atoms with E-state index in [1.165, 1.54) is 22.1 Å². The summed E-state index contributed by atoms with van der Waals surface area (Å²) in [6.45, 7) is 0. The summed E-state index contributed by atoms with van der Waals surface area (Å²) in [5.74, 6) is 0.927. The quantitative estimate of drug-likeness (QED) is 0.251. The fraction of sp³-hybridized carbons (Fsp3) is 0.0278. The molecule has 7 aromatic rings. The minimum Gasteiger partial charge on any atom is -0.455 e. The molecule has 9 rings (SSSR count). The first-order chi connectivity index (χ1) is 19.9. The van der Waals surface area contributed by atoms with Gasteiger partial charge in [-0.15, -0.1) is 0 Å². The highest BCUT2D eigenvalue weighted by Crippen LogP contribution is 2.47. The number of nitrogens with zero attached hydrogens (tertiary/aromatic N) is 2. The van der Waals surface area contributed by atoms with Gasteiger partial charge in [0.05, 0.1) is 5.69 Å². The van der Waals surface area contributed by atoms with E-state index < -0.39 is 0 Å². The number of furan rings is 1. The average Bonchev–Trinajstić information content (AvgIpc) is 3.63. The number of nitrogens with one attached hydrogen (secondary N) is 1. The number of anilines is 1. The lowest BCUT2D eigenvalue weighted by molar-refractivity contribution is 0.613. The maximum absolute atomic E-state index is 6.42. The molecule has 3 heterocycles. The van der Waals surface area contributed by atoms with E-state index in [4.69, 9.17) is 9.52 Å². The molecular formula is C36H23N3O. The minimum absolute atomic E-state index is 0.0520. The van der Waals surface area contributed by atoms with E-state index in [2.05, 4.69) is 126 Å². The highest BCUT2D eigenvalue weighted by molar-refractivity contribution is 6.21. The number of para-hydroxylation sites is 3. The summed E-state index contributed by atoms with van der Waals surface area (Å²) in [6.07, 6.45) is -0.0520. The van der Waals surface area contributed by atoms with Gasteiger partial charge in [-0.05, 0) is 34.0 Å². The molecule has 4 heteroatoms. The molecule has 40 heavy (non-hydrogen) atoms. The smallest absolute Gasteiger partial charge is 0.162 e. The summed E-state index contributed by atoms with van der Waals surface area (Å²) in [5.41, 5.74) is 13.5. The summed E-state index contributed by atoms with van der Waals surface area (Å²) >= 11 is 0. The molecule has 0 saturated heterocycles. The van der Waals surface area contributed by atoms with Gasteiger partial charge in [0.1, 0.15) is 17.3 Å². The van der Waals surface area contributed by atoms with Crippen molar-refractivity contribution in [3.05, 3.63) is 139 Å². The van der Waals surface area contributed by atoms with Crippen LogP contribution in [-0.2, 0) is 0 Å². The van der Waals surface area contributed by atoms with Crippen LogP contribution in [0.15, 0.2) is 137 Å². The Balaban J connectivity index is 1.24. The Morgan fingerprint density at radius 3 is 2.05 bits per heavy atom. The SMILES string of the molecule is c1ccc2c(c1)-c1ccccc1N1C(c3cccc4c(-c5cccc6c5oc5ccccc56)cccc34)=NNC21. The molecule has 0 radical (unpaired) electrons. The normalized spacial score (nSPS) is 15.6. The first-order valence-electron chi connectivity index (χ1n) is 13.6. The third kappa shape index (κ3) is 2.88. The molecule has 0 spiro atoms. The molecule has 188 valence electrons. The maximum Gasteiger partial charge on any atom is 0.162 e. The van der Waals surface area contributed by atoms with Crippen molar-refractivity contribution in [2.75, 3.05) is 4.90 Å². The zero-order chi connectivity index (χ0) is 26.2. The van der Waals surface area contributed by atoms with Crippen LogP contribution in [0.25, 0.3) is 55.0 Å². The molecule has 0 fully saturated rings. The molecule has 0 bridgehead atoms. The second-order valence-electron chi connectivity index (χ2n) is 10.4. The van der Waals surface area contributed by atoms with Crippen molar-refractivity contribution in [3.8, 4) is 22.3 Å². The second kappa shape index (κ2) is 8.08. The van der Waals surface area contributed by atoms with Gasteiger partial charge < -0.3 is 4.42 Å². The summed E-state index contributed by atoms with van der Waals surface area (Å²) < 4.78 is 6.42. The van der Waals surface area contributed by atoms with Gasteiger partial charge in [0, 0.05) is 33.0 Å². The molecule has 6 aromatic carbocycles. The Kier molecular flexibility index (Phi) is 4.35. The van der Waals surface area contributed by atoms with Crippen LogP contribution in [0.2, 0.25) is 0 Å². The molecule has 2 aliphatic rings. The lowest BCUT2D eigenvalue weighted by atomic mass is 9.90. The summed E-state index contributed by atoms with van der Waals surface area (Å²) in [4.78, 5) is 2.35. The fourth-order valence-corrected chi connectivity index (χ4v) is 6.60. The van der Waals surface area contributed by atoms with Gasteiger partial charge in [0.15, 0.2) is 5.84 Å². The highest BCUT2D eigenvalue weighted by atomic mass is 16.3. The van der Waals surface area contributed by atoms with E-state index in [0.29, 0.717) is 0 Å². The number of benzene rings is 6. The summed E-state index contributed by atoms with van der Waals surface area (Å²) in [7, 11) is 0. The number of hydrogen-bond acceptors (Lipinski definition) is 4. The number of rotatable bonds is 2. The van der Waals surface area contributed by atoms with Crippen molar-refractivity contribution in [2.45, 2.75) is 6.17 Å². The maximum atomic E-state index is 6.42. The van der Waals surface area contributed by atoms with Crippen molar-refractivity contribution in [1.82, 2.24) is 5.43 Å². The molecule has 0 saturated carbocycles. The predicted octanol–water partition coefficient (Wildman–Crippen LogP) is 8.86. The molecule has 0 amide bonds. The lowest BCUT2D eigenvalue weighted by Crippen LogP contribution is -2.36.